The van der Waals surface area contributed by atoms with E-state index < -0.39 is 23.5 Å². The SMILES string of the molecule is O=C(O)c1ncoc1-c1cccc(C(F)(F)F)n1. The summed E-state index contributed by atoms with van der Waals surface area (Å²) in [4.78, 5) is 17.5. The van der Waals surface area contributed by atoms with Crippen molar-refractivity contribution in [2.75, 3.05) is 0 Å². The molecule has 0 bridgehead atoms. The zero-order valence-electron chi connectivity index (χ0n) is 8.60. The van der Waals surface area contributed by atoms with Gasteiger partial charge in [-0.3, -0.25) is 0 Å². The Morgan fingerprint density at radius 3 is 2.67 bits per heavy atom. The third-order valence-corrected chi connectivity index (χ3v) is 2.04. The average molecular weight is 258 g/mol. The van der Waals surface area contributed by atoms with Gasteiger partial charge in [-0.15, -0.1) is 0 Å². The minimum absolute atomic E-state index is 0.236. The van der Waals surface area contributed by atoms with Gasteiger partial charge in [0.1, 0.15) is 11.4 Å². The van der Waals surface area contributed by atoms with Crippen LogP contribution in [0.2, 0.25) is 0 Å². The van der Waals surface area contributed by atoms with Crippen molar-refractivity contribution in [2.24, 2.45) is 0 Å². The monoisotopic (exact) mass is 258 g/mol. The number of aromatic carboxylic acids is 1. The first-order valence-electron chi connectivity index (χ1n) is 4.61. The first-order chi connectivity index (χ1) is 8.39. The van der Waals surface area contributed by atoms with Gasteiger partial charge >= 0.3 is 12.1 Å². The summed E-state index contributed by atoms with van der Waals surface area (Å²) < 4.78 is 42.1. The highest BCUT2D eigenvalue weighted by molar-refractivity contribution is 5.91. The van der Waals surface area contributed by atoms with E-state index in [-0.39, 0.29) is 11.5 Å². The number of nitrogens with zero attached hydrogens (tertiary/aromatic N) is 2. The molecular formula is C10H5F3N2O3. The van der Waals surface area contributed by atoms with E-state index in [1.165, 1.54) is 6.07 Å². The van der Waals surface area contributed by atoms with E-state index in [0.29, 0.717) is 0 Å². The first-order valence-corrected chi connectivity index (χ1v) is 4.61. The summed E-state index contributed by atoms with van der Waals surface area (Å²) in [5.74, 6) is -1.72. The third kappa shape index (κ3) is 2.17. The van der Waals surface area contributed by atoms with Gasteiger partial charge in [0.25, 0.3) is 0 Å². The van der Waals surface area contributed by atoms with E-state index in [1.54, 1.807) is 0 Å². The second-order valence-electron chi connectivity index (χ2n) is 3.24. The molecule has 0 saturated carbocycles. The Bertz CT molecular complexity index is 592. The van der Waals surface area contributed by atoms with Crippen LogP contribution in [0.25, 0.3) is 11.5 Å². The smallest absolute Gasteiger partial charge is 0.433 e. The molecule has 0 aliphatic rings. The highest BCUT2D eigenvalue weighted by Crippen LogP contribution is 2.30. The predicted octanol–water partition coefficient (Wildman–Crippen LogP) is 2.45. The molecule has 0 atom stereocenters. The summed E-state index contributed by atoms with van der Waals surface area (Å²) in [6.45, 7) is 0. The summed E-state index contributed by atoms with van der Waals surface area (Å²) in [7, 11) is 0. The zero-order chi connectivity index (χ0) is 13.3. The van der Waals surface area contributed by atoms with E-state index in [4.69, 9.17) is 9.52 Å². The summed E-state index contributed by atoms with van der Waals surface area (Å²) in [6, 6.07) is 3.10. The van der Waals surface area contributed by atoms with Crippen LogP contribution in [0.4, 0.5) is 13.2 Å². The van der Waals surface area contributed by atoms with E-state index in [9.17, 15) is 18.0 Å². The Morgan fingerprint density at radius 1 is 1.33 bits per heavy atom. The number of carboxylic acids is 1. The van der Waals surface area contributed by atoms with Crippen molar-refractivity contribution >= 4 is 5.97 Å². The summed E-state index contributed by atoms with van der Waals surface area (Å²) in [5, 5.41) is 8.77. The molecule has 0 fully saturated rings. The van der Waals surface area contributed by atoms with Gasteiger partial charge in [0.15, 0.2) is 17.8 Å². The minimum Gasteiger partial charge on any atom is -0.476 e. The molecular weight excluding hydrogens is 253 g/mol. The molecule has 0 saturated heterocycles. The molecule has 5 nitrogen and oxygen atoms in total. The van der Waals surface area contributed by atoms with Crippen molar-refractivity contribution < 1.29 is 27.5 Å². The lowest BCUT2D eigenvalue weighted by atomic mass is 10.2. The van der Waals surface area contributed by atoms with Crippen LogP contribution in [-0.2, 0) is 6.18 Å². The summed E-state index contributed by atoms with van der Waals surface area (Å²) in [5.41, 5.74) is -1.85. The van der Waals surface area contributed by atoms with Crippen LogP contribution in [0.5, 0.6) is 0 Å². The molecule has 2 heterocycles. The van der Waals surface area contributed by atoms with E-state index >= 15 is 0 Å². The molecule has 18 heavy (non-hydrogen) atoms. The van der Waals surface area contributed by atoms with Crippen LogP contribution in [0.3, 0.4) is 0 Å². The molecule has 0 aliphatic carbocycles. The molecule has 2 aromatic rings. The van der Waals surface area contributed by atoms with Crippen molar-refractivity contribution in [3.05, 3.63) is 36.0 Å². The van der Waals surface area contributed by atoms with Crippen LogP contribution in [-0.4, -0.2) is 21.0 Å². The molecule has 0 amide bonds. The molecule has 2 rings (SSSR count). The lowest BCUT2D eigenvalue weighted by molar-refractivity contribution is -0.141. The van der Waals surface area contributed by atoms with Gasteiger partial charge in [0.05, 0.1) is 0 Å². The maximum Gasteiger partial charge on any atom is 0.433 e. The van der Waals surface area contributed by atoms with E-state index in [1.807, 2.05) is 0 Å². The van der Waals surface area contributed by atoms with Crippen LogP contribution >= 0.6 is 0 Å². The lowest BCUT2D eigenvalue weighted by Crippen LogP contribution is -2.08. The molecule has 0 aromatic carbocycles. The number of aromatic nitrogens is 2. The van der Waals surface area contributed by atoms with Crippen LogP contribution < -0.4 is 0 Å². The summed E-state index contributed by atoms with van der Waals surface area (Å²) >= 11 is 0. The molecule has 0 aliphatic heterocycles. The summed E-state index contributed by atoms with van der Waals surface area (Å²) in [6.07, 6.45) is -3.78. The van der Waals surface area contributed by atoms with Gasteiger partial charge in [-0.1, -0.05) is 6.07 Å². The molecule has 2 aromatic heterocycles. The average Bonchev–Trinajstić information content (AvgIpc) is 2.77. The molecule has 94 valence electrons. The number of rotatable bonds is 2. The second-order valence-corrected chi connectivity index (χ2v) is 3.24. The molecule has 0 radical (unpaired) electrons. The number of oxazole rings is 1. The topological polar surface area (TPSA) is 76.2 Å². The van der Waals surface area contributed by atoms with Gasteiger partial charge in [-0.05, 0) is 12.1 Å². The van der Waals surface area contributed by atoms with Gasteiger partial charge in [-0.2, -0.15) is 13.2 Å². The number of carbonyl (C=O) groups is 1. The van der Waals surface area contributed by atoms with Crippen molar-refractivity contribution in [2.45, 2.75) is 6.18 Å². The highest BCUT2D eigenvalue weighted by Gasteiger charge is 2.33. The van der Waals surface area contributed by atoms with Gasteiger partial charge in [0.2, 0.25) is 0 Å². The number of hydrogen-bond donors (Lipinski definition) is 1. The van der Waals surface area contributed by atoms with E-state index in [0.717, 1.165) is 18.5 Å². The Morgan fingerprint density at radius 2 is 2.06 bits per heavy atom. The Balaban J connectivity index is 2.52. The fourth-order valence-electron chi connectivity index (χ4n) is 1.30. The first kappa shape index (κ1) is 12.1. The van der Waals surface area contributed by atoms with Gasteiger partial charge < -0.3 is 9.52 Å². The maximum atomic E-state index is 12.4. The van der Waals surface area contributed by atoms with Crippen molar-refractivity contribution in [3.63, 3.8) is 0 Å². The molecule has 0 unspecified atom stereocenters. The standard InChI is InChI=1S/C10H5F3N2O3/c11-10(12,13)6-3-1-2-5(15-6)8-7(9(16)17)14-4-18-8/h1-4H,(H,16,17). The van der Waals surface area contributed by atoms with Gasteiger partial charge in [-0.25, -0.2) is 14.8 Å². The normalized spacial score (nSPS) is 11.5. The number of halogens is 3. The fraction of sp³-hybridized carbons (Fsp3) is 0.100. The predicted molar refractivity (Wildman–Crippen MR) is 51.7 cm³/mol. The number of hydrogen-bond acceptors (Lipinski definition) is 4. The van der Waals surface area contributed by atoms with Crippen LogP contribution in [0, 0.1) is 0 Å². The third-order valence-electron chi connectivity index (χ3n) is 2.04. The van der Waals surface area contributed by atoms with Gasteiger partial charge in [0, 0.05) is 0 Å². The van der Waals surface area contributed by atoms with Crippen LogP contribution in [0.1, 0.15) is 16.2 Å². The minimum atomic E-state index is -4.61. The van der Waals surface area contributed by atoms with Crippen molar-refractivity contribution in [3.8, 4) is 11.5 Å². The molecule has 8 heteroatoms. The van der Waals surface area contributed by atoms with Crippen LogP contribution in [0.15, 0.2) is 29.0 Å². The molecule has 0 spiro atoms. The zero-order valence-corrected chi connectivity index (χ0v) is 8.60. The van der Waals surface area contributed by atoms with Crippen molar-refractivity contribution in [1.82, 2.24) is 9.97 Å². The lowest BCUT2D eigenvalue weighted by Gasteiger charge is -2.06. The highest BCUT2D eigenvalue weighted by atomic mass is 19.4. The Kier molecular flexibility index (Phi) is 2.77. The number of alkyl halides is 3. The Labute approximate surface area is 97.9 Å². The van der Waals surface area contributed by atoms with Crippen molar-refractivity contribution in [1.29, 1.82) is 0 Å². The number of carboxylic acid groups (broad SMARTS) is 1. The quantitative estimate of drug-likeness (QED) is 0.895. The maximum absolute atomic E-state index is 12.4. The molecule has 1 N–H and O–H groups in total. The number of pyridine rings is 1. The largest absolute Gasteiger partial charge is 0.476 e. The second kappa shape index (κ2) is 4.13. The Hall–Kier alpha value is -2.38. The fourth-order valence-corrected chi connectivity index (χ4v) is 1.30. The van der Waals surface area contributed by atoms with E-state index in [2.05, 4.69) is 9.97 Å².